The van der Waals surface area contributed by atoms with E-state index in [1.165, 1.54) is 58.4 Å². The summed E-state index contributed by atoms with van der Waals surface area (Å²) < 4.78 is 0. The van der Waals surface area contributed by atoms with E-state index in [9.17, 15) is 0 Å². The van der Waals surface area contributed by atoms with Crippen LogP contribution in [0.4, 0.5) is 0 Å². The summed E-state index contributed by atoms with van der Waals surface area (Å²) in [6.45, 7) is 6.94. The van der Waals surface area contributed by atoms with Gasteiger partial charge in [-0.25, -0.2) is 0 Å². The minimum Gasteiger partial charge on any atom is -0.329 e. The molecule has 0 aromatic heterocycles. The average Bonchev–Trinajstić information content (AvgIpc) is 2.42. The number of likely N-dealkylation sites (N-methyl/N-ethyl adjacent to an activating group) is 1. The van der Waals surface area contributed by atoms with Crippen molar-refractivity contribution in [2.75, 3.05) is 60.4 Å². The fourth-order valence-electron chi connectivity index (χ4n) is 3.60. The zero-order chi connectivity index (χ0) is 13.9. The van der Waals surface area contributed by atoms with E-state index in [-0.39, 0.29) is 5.54 Å². The molecular weight excluding hydrogens is 236 g/mol. The van der Waals surface area contributed by atoms with Crippen molar-refractivity contribution in [2.24, 2.45) is 11.7 Å². The third-order valence-electron chi connectivity index (χ3n) is 5.48. The van der Waals surface area contributed by atoms with Crippen LogP contribution in [0.3, 0.4) is 0 Å². The van der Waals surface area contributed by atoms with E-state index in [4.69, 9.17) is 5.73 Å². The number of nitrogens with zero attached hydrogens (tertiary/aromatic N) is 3. The minimum absolute atomic E-state index is 0.260. The maximum absolute atomic E-state index is 6.14. The molecule has 0 bridgehead atoms. The zero-order valence-corrected chi connectivity index (χ0v) is 13.1. The number of hydrogen-bond donors (Lipinski definition) is 1. The van der Waals surface area contributed by atoms with Crippen molar-refractivity contribution < 1.29 is 0 Å². The number of rotatable bonds is 4. The molecule has 0 unspecified atom stereocenters. The Kier molecular flexibility index (Phi) is 5.23. The first-order valence-corrected chi connectivity index (χ1v) is 7.84. The number of likely N-dealkylation sites (tertiary alicyclic amines) is 2. The van der Waals surface area contributed by atoms with Gasteiger partial charge in [0.05, 0.1) is 0 Å². The predicted octanol–water partition coefficient (Wildman–Crippen LogP) is 0.683. The van der Waals surface area contributed by atoms with Crippen LogP contribution in [0.2, 0.25) is 0 Å². The molecule has 2 aliphatic heterocycles. The van der Waals surface area contributed by atoms with E-state index in [0.717, 1.165) is 12.5 Å². The molecule has 2 aliphatic rings. The van der Waals surface area contributed by atoms with E-state index in [2.05, 4.69) is 35.8 Å². The summed E-state index contributed by atoms with van der Waals surface area (Å²) in [4.78, 5) is 7.47. The van der Waals surface area contributed by atoms with Gasteiger partial charge in [0, 0.05) is 18.6 Å². The van der Waals surface area contributed by atoms with Gasteiger partial charge in [-0.2, -0.15) is 0 Å². The molecule has 2 fully saturated rings. The summed E-state index contributed by atoms with van der Waals surface area (Å²) in [5, 5.41) is 0. The van der Waals surface area contributed by atoms with Gasteiger partial charge in [-0.1, -0.05) is 0 Å². The minimum atomic E-state index is 0.260. The third kappa shape index (κ3) is 3.69. The molecule has 0 spiro atoms. The van der Waals surface area contributed by atoms with Gasteiger partial charge in [0.2, 0.25) is 0 Å². The molecule has 0 aliphatic carbocycles. The van der Waals surface area contributed by atoms with Crippen molar-refractivity contribution in [2.45, 2.75) is 31.2 Å². The first-order chi connectivity index (χ1) is 9.05. The number of nitrogens with two attached hydrogens (primary N) is 1. The van der Waals surface area contributed by atoms with Gasteiger partial charge in [0.25, 0.3) is 0 Å². The summed E-state index contributed by atoms with van der Waals surface area (Å²) >= 11 is 0. The monoisotopic (exact) mass is 268 g/mol. The molecule has 4 heteroatoms. The lowest BCUT2D eigenvalue weighted by Crippen LogP contribution is -2.58. The number of piperidine rings is 2. The Morgan fingerprint density at radius 2 is 1.58 bits per heavy atom. The SMILES string of the molecule is CN1CCC(CN(C)C2(CN)CCN(C)CC2)CC1. The van der Waals surface area contributed by atoms with Crippen molar-refractivity contribution >= 4 is 0 Å². The van der Waals surface area contributed by atoms with Crippen LogP contribution in [0.25, 0.3) is 0 Å². The number of hydrogen-bond acceptors (Lipinski definition) is 4. The van der Waals surface area contributed by atoms with Crippen LogP contribution in [0.5, 0.6) is 0 Å². The highest BCUT2D eigenvalue weighted by Crippen LogP contribution is 2.29. The van der Waals surface area contributed by atoms with Crippen LogP contribution in [0, 0.1) is 5.92 Å². The normalized spacial score (nSPS) is 27.0. The quantitative estimate of drug-likeness (QED) is 0.813. The Morgan fingerprint density at radius 3 is 2.11 bits per heavy atom. The highest BCUT2D eigenvalue weighted by molar-refractivity contribution is 4.95. The van der Waals surface area contributed by atoms with Crippen molar-refractivity contribution in [3.05, 3.63) is 0 Å². The topological polar surface area (TPSA) is 35.7 Å². The van der Waals surface area contributed by atoms with Gasteiger partial charge in [0.1, 0.15) is 0 Å². The molecule has 2 rings (SSSR count). The maximum Gasteiger partial charge on any atom is 0.0353 e. The zero-order valence-electron chi connectivity index (χ0n) is 13.1. The molecule has 0 saturated carbocycles. The standard InChI is InChI=1S/C15H32N4/c1-17-8-4-14(5-9-17)12-19(3)15(13-16)6-10-18(2)11-7-15/h14H,4-13,16H2,1-3H3. The van der Waals surface area contributed by atoms with E-state index in [0.29, 0.717) is 0 Å². The van der Waals surface area contributed by atoms with Gasteiger partial charge < -0.3 is 15.5 Å². The second kappa shape index (κ2) is 6.53. The van der Waals surface area contributed by atoms with Crippen LogP contribution >= 0.6 is 0 Å². The fourth-order valence-corrected chi connectivity index (χ4v) is 3.60. The predicted molar refractivity (Wildman–Crippen MR) is 81.4 cm³/mol. The summed E-state index contributed by atoms with van der Waals surface area (Å²) in [6, 6.07) is 0. The molecule has 2 saturated heterocycles. The van der Waals surface area contributed by atoms with Gasteiger partial charge in [-0.15, -0.1) is 0 Å². The lowest BCUT2D eigenvalue weighted by Gasteiger charge is -2.47. The highest BCUT2D eigenvalue weighted by atomic mass is 15.2. The van der Waals surface area contributed by atoms with E-state index >= 15 is 0 Å². The summed E-state index contributed by atoms with van der Waals surface area (Å²) in [6.07, 6.45) is 5.15. The first kappa shape index (κ1) is 15.2. The Hall–Kier alpha value is -0.160. The van der Waals surface area contributed by atoms with Crippen molar-refractivity contribution in [1.29, 1.82) is 0 Å². The smallest absolute Gasteiger partial charge is 0.0353 e. The van der Waals surface area contributed by atoms with Crippen LogP contribution in [0.15, 0.2) is 0 Å². The van der Waals surface area contributed by atoms with Crippen molar-refractivity contribution in [3.63, 3.8) is 0 Å². The molecule has 19 heavy (non-hydrogen) atoms. The molecular formula is C15H32N4. The molecule has 0 atom stereocenters. The van der Waals surface area contributed by atoms with Crippen LogP contribution < -0.4 is 5.73 Å². The summed E-state index contributed by atoms with van der Waals surface area (Å²) in [5.74, 6) is 0.865. The van der Waals surface area contributed by atoms with Crippen LogP contribution in [-0.2, 0) is 0 Å². The molecule has 4 nitrogen and oxygen atoms in total. The van der Waals surface area contributed by atoms with Gasteiger partial charge in [0.15, 0.2) is 0 Å². The third-order valence-corrected chi connectivity index (χ3v) is 5.48. The molecule has 0 aromatic rings. The van der Waals surface area contributed by atoms with Gasteiger partial charge in [-0.3, -0.25) is 4.90 Å². The Morgan fingerprint density at radius 1 is 1.05 bits per heavy atom. The average molecular weight is 268 g/mol. The van der Waals surface area contributed by atoms with E-state index in [1.807, 2.05) is 0 Å². The second-order valence-electron chi connectivity index (χ2n) is 6.86. The summed E-state index contributed by atoms with van der Waals surface area (Å²) in [5.41, 5.74) is 6.40. The molecule has 0 aromatic carbocycles. The largest absolute Gasteiger partial charge is 0.329 e. The van der Waals surface area contributed by atoms with Crippen LogP contribution in [0.1, 0.15) is 25.7 Å². The molecule has 2 heterocycles. The molecule has 112 valence electrons. The van der Waals surface area contributed by atoms with Crippen LogP contribution in [-0.4, -0.2) is 80.7 Å². The second-order valence-corrected chi connectivity index (χ2v) is 6.86. The fraction of sp³-hybridized carbons (Fsp3) is 1.00. The Balaban J connectivity index is 1.88. The van der Waals surface area contributed by atoms with Gasteiger partial charge >= 0.3 is 0 Å². The lowest BCUT2D eigenvalue weighted by atomic mass is 9.84. The molecule has 0 radical (unpaired) electrons. The lowest BCUT2D eigenvalue weighted by molar-refractivity contribution is 0.0345. The van der Waals surface area contributed by atoms with Crippen molar-refractivity contribution in [3.8, 4) is 0 Å². The highest BCUT2D eigenvalue weighted by Gasteiger charge is 2.37. The van der Waals surface area contributed by atoms with Crippen molar-refractivity contribution in [1.82, 2.24) is 14.7 Å². The molecule has 2 N–H and O–H groups in total. The first-order valence-electron chi connectivity index (χ1n) is 7.84. The maximum atomic E-state index is 6.14. The Labute approximate surface area is 118 Å². The van der Waals surface area contributed by atoms with E-state index < -0.39 is 0 Å². The molecule has 0 amide bonds. The summed E-state index contributed by atoms with van der Waals surface area (Å²) in [7, 11) is 6.76. The Bertz CT molecular complexity index is 265. The van der Waals surface area contributed by atoms with E-state index in [1.54, 1.807) is 0 Å². The van der Waals surface area contributed by atoms with Gasteiger partial charge in [-0.05, 0) is 78.9 Å².